The molecule has 2 N–H and O–H groups in total. The summed E-state index contributed by atoms with van der Waals surface area (Å²) in [6, 6.07) is 6.52. The zero-order valence-electron chi connectivity index (χ0n) is 21.1. The minimum absolute atomic E-state index is 0.166. The molecular weight excluding hydrogens is 507 g/mol. The molecule has 5 nitrogen and oxygen atoms in total. The molecule has 0 aliphatic carbocycles. The molecule has 0 aliphatic rings. The van der Waals surface area contributed by atoms with Crippen LogP contribution in [0.5, 0.6) is 5.75 Å². The zero-order valence-corrected chi connectivity index (χ0v) is 21.1. The van der Waals surface area contributed by atoms with Crippen molar-refractivity contribution in [3.8, 4) is 5.75 Å². The Balaban J connectivity index is 1.68. The van der Waals surface area contributed by atoms with E-state index >= 15 is 0 Å². The highest BCUT2D eigenvalue weighted by molar-refractivity contribution is 5.83. The number of esters is 1. The highest BCUT2D eigenvalue weighted by Crippen LogP contribution is 2.29. The molecule has 38 heavy (non-hydrogen) atoms. The van der Waals surface area contributed by atoms with Crippen molar-refractivity contribution in [2.45, 2.75) is 77.2 Å². The van der Waals surface area contributed by atoms with Gasteiger partial charge < -0.3 is 15.0 Å². The topological polar surface area (TPSA) is 71.2 Å². The van der Waals surface area contributed by atoms with E-state index in [0.717, 1.165) is 48.6 Å². The number of nitrogens with one attached hydrogen (secondary N) is 2. The fourth-order valence-corrected chi connectivity index (χ4v) is 4.31. The average Bonchev–Trinajstić information content (AvgIpc) is 3.31. The summed E-state index contributed by atoms with van der Waals surface area (Å²) in [7, 11) is 0. The molecule has 10 heteroatoms. The Labute approximate surface area is 217 Å². The minimum atomic E-state index is -2.35. The molecule has 0 aliphatic heterocycles. The lowest BCUT2D eigenvalue weighted by Gasteiger charge is -2.18. The van der Waals surface area contributed by atoms with Crippen LogP contribution in [0.3, 0.4) is 0 Å². The standard InChI is InChI=1S/C28H31F5N2O3/c1-2-3-4-5-6-7-8-13-21(36)35-18(14-17-16-34-20-12-10-9-11-19(17)20)15-22(37)38-28-26(32)24(30)23(29)25(31)27(28)33/h9-12,16,18,34H,2-8,13-15H2,1H3,(H,35,36). The second-order valence-corrected chi connectivity index (χ2v) is 9.28. The molecule has 1 heterocycles. The number of fused-ring (bicyclic) bond motifs is 1. The first-order valence-corrected chi connectivity index (χ1v) is 12.8. The summed E-state index contributed by atoms with van der Waals surface area (Å²) in [5.41, 5.74) is 1.60. The fraction of sp³-hybridized carbons (Fsp3) is 0.429. The van der Waals surface area contributed by atoms with Gasteiger partial charge in [0.05, 0.1) is 6.42 Å². The zero-order chi connectivity index (χ0) is 27.7. The minimum Gasteiger partial charge on any atom is -0.420 e. The van der Waals surface area contributed by atoms with Crippen molar-refractivity contribution in [3.63, 3.8) is 0 Å². The number of benzene rings is 2. The third kappa shape index (κ3) is 7.55. The Morgan fingerprint density at radius 3 is 2.16 bits per heavy atom. The number of aromatic nitrogens is 1. The second-order valence-electron chi connectivity index (χ2n) is 9.28. The van der Waals surface area contributed by atoms with Gasteiger partial charge in [-0.25, -0.2) is 13.2 Å². The summed E-state index contributed by atoms with van der Waals surface area (Å²) < 4.78 is 72.9. The normalized spacial score (nSPS) is 12.1. The summed E-state index contributed by atoms with van der Waals surface area (Å²) in [6.07, 6.45) is 8.69. The van der Waals surface area contributed by atoms with Crippen molar-refractivity contribution in [1.29, 1.82) is 0 Å². The van der Waals surface area contributed by atoms with Gasteiger partial charge in [0.2, 0.25) is 40.7 Å². The first kappa shape index (κ1) is 29.1. The van der Waals surface area contributed by atoms with E-state index in [2.05, 4.69) is 22.0 Å². The Hall–Kier alpha value is -3.43. The van der Waals surface area contributed by atoms with E-state index in [9.17, 15) is 31.5 Å². The lowest BCUT2D eigenvalue weighted by Crippen LogP contribution is -2.38. The van der Waals surface area contributed by atoms with Crippen molar-refractivity contribution in [2.24, 2.45) is 0 Å². The van der Waals surface area contributed by atoms with E-state index in [0.29, 0.717) is 6.42 Å². The van der Waals surface area contributed by atoms with Gasteiger partial charge in [0, 0.05) is 29.6 Å². The molecule has 0 saturated heterocycles. The van der Waals surface area contributed by atoms with Gasteiger partial charge in [-0.3, -0.25) is 9.59 Å². The van der Waals surface area contributed by atoms with Crippen LogP contribution < -0.4 is 10.1 Å². The van der Waals surface area contributed by atoms with Crippen LogP contribution in [0.4, 0.5) is 22.0 Å². The molecule has 206 valence electrons. The van der Waals surface area contributed by atoms with Crippen LogP contribution in [0.25, 0.3) is 10.9 Å². The van der Waals surface area contributed by atoms with E-state index in [-0.39, 0.29) is 18.7 Å². The van der Waals surface area contributed by atoms with Gasteiger partial charge in [-0.15, -0.1) is 0 Å². The maximum Gasteiger partial charge on any atom is 0.313 e. The Bertz CT molecular complexity index is 1230. The number of carbonyl (C=O) groups excluding carboxylic acids is 2. The number of hydrogen-bond acceptors (Lipinski definition) is 3. The van der Waals surface area contributed by atoms with Crippen LogP contribution in [0, 0.1) is 29.1 Å². The molecule has 3 aromatic rings. The molecule has 1 amide bonds. The first-order valence-electron chi connectivity index (χ1n) is 12.8. The summed E-state index contributed by atoms with van der Waals surface area (Å²) in [6.45, 7) is 2.13. The Morgan fingerprint density at radius 2 is 1.47 bits per heavy atom. The predicted molar refractivity (Wildman–Crippen MR) is 133 cm³/mol. The van der Waals surface area contributed by atoms with Crippen molar-refractivity contribution < 1.29 is 36.3 Å². The number of unbranched alkanes of at least 4 members (excludes halogenated alkanes) is 6. The largest absolute Gasteiger partial charge is 0.420 e. The second kappa shape index (κ2) is 13.9. The SMILES string of the molecule is CCCCCCCCCC(=O)NC(CC(=O)Oc1c(F)c(F)c(F)c(F)c1F)Cc1c[nH]c2ccccc12. The number of carbonyl (C=O) groups is 2. The van der Waals surface area contributed by atoms with Crippen LogP contribution in [-0.2, 0) is 16.0 Å². The van der Waals surface area contributed by atoms with Gasteiger partial charge in [0.15, 0.2) is 0 Å². The molecule has 0 spiro atoms. The van der Waals surface area contributed by atoms with Gasteiger partial charge in [0.25, 0.3) is 0 Å². The number of H-pyrrole nitrogens is 1. The third-order valence-corrected chi connectivity index (χ3v) is 6.31. The van der Waals surface area contributed by atoms with Gasteiger partial charge >= 0.3 is 5.97 Å². The molecule has 0 saturated carbocycles. The quantitative estimate of drug-likeness (QED) is 0.0578. The Kier molecular flexibility index (Phi) is 10.7. The fourth-order valence-electron chi connectivity index (χ4n) is 4.31. The predicted octanol–water partition coefficient (Wildman–Crippen LogP) is 7.03. The highest BCUT2D eigenvalue weighted by atomic mass is 19.2. The maximum atomic E-state index is 14.0. The lowest BCUT2D eigenvalue weighted by atomic mass is 10.0. The Morgan fingerprint density at radius 1 is 0.868 bits per heavy atom. The van der Waals surface area contributed by atoms with Gasteiger partial charge in [-0.05, 0) is 24.5 Å². The van der Waals surface area contributed by atoms with E-state index in [1.165, 1.54) is 6.42 Å². The molecule has 0 fully saturated rings. The number of aromatic amines is 1. The van der Waals surface area contributed by atoms with Crippen molar-refractivity contribution >= 4 is 22.8 Å². The summed E-state index contributed by atoms with van der Waals surface area (Å²) in [5, 5.41) is 3.61. The van der Waals surface area contributed by atoms with Crippen LogP contribution >= 0.6 is 0 Å². The van der Waals surface area contributed by atoms with E-state index < -0.39 is 53.3 Å². The molecule has 2 aromatic carbocycles. The average molecular weight is 539 g/mol. The molecule has 0 radical (unpaired) electrons. The molecule has 0 bridgehead atoms. The summed E-state index contributed by atoms with van der Waals surface area (Å²) in [5.74, 6) is -14.5. The van der Waals surface area contributed by atoms with Crippen molar-refractivity contribution in [2.75, 3.05) is 0 Å². The smallest absolute Gasteiger partial charge is 0.313 e. The van der Waals surface area contributed by atoms with Crippen molar-refractivity contribution in [3.05, 3.63) is 65.1 Å². The lowest BCUT2D eigenvalue weighted by molar-refractivity contribution is -0.135. The van der Waals surface area contributed by atoms with Crippen LogP contribution in [0.2, 0.25) is 0 Å². The van der Waals surface area contributed by atoms with Crippen LogP contribution in [0.1, 0.15) is 70.3 Å². The summed E-state index contributed by atoms with van der Waals surface area (Å²) in [4.78, 5) is 28.3. The molecule has 1 aromatic heterocycles. The molecule has 3 rings (SSSR count). The van der Waals surface area contributed by atoms with Gasteiger partial charge in [-0.2, -0.15) is 8.78 Å². The van der Waals surface area contributed by atoms with E-state index in [1.807, 2.05) is 24.3 Å². The van der Waals surface area contributed by atoms with Gasteiger partial charge in [-0.1, -0.05) is 63.6 Å². The number of para-hydroxylation sites is 1. The molecule has 1 atom stereocenters. The van der Waals surface area contributed by atoms with Gasteiger partial charge in [0.1, 0.15) is 0 Å². The van der Waals surface area contributed by atoms with Crippen LogP contribution in [-0.4, -0.2) is 22.9 Å². The van der Waals surface area contributed by atoms with E-state index in [1.54, 1.807) is 6.20 Å². The summed E-state index contributed by atoms with van der Waals surface area (Å²) >= 11 is 0. The first-order chi connectivity index (χ1) is 18.2. The number of ether oxygens (including phenoxy) is 1. The third-order valence-electron chi connectivity index (χ3n) is 6.31. The van der Waals surface area contributed by atoms with Crippen molar-refractivity contribution in [1.82, 2.24) is 10.3 Å². The molecule has 1 unspecified atom stereocenters. The monoisotopic (exact) mass is 538 g/mol. The maximum absolute atomic E-state index is 14.0. The number of amides is 1. The highest BCUT2D eigenvalue weighted by Gasteiger charge is 2.29. The number of rotatable bonds is 14. The number of halogens is 5. The van der Waals surface area contributed by atoms with E-state index in [4.69, 9.17) is 0 Å². The van der Waals surface area contributed by atoms with Crippen LogP contribution in [0.15, 0.2) is 30.5 Å². The molecular formula is C28H31F5N2O3. The number of hydrogen-bond donors (Lipinski definition) is 2.